The molecular weight excluding hydrogens is 390 g/mol. The Hall–Kier alpha value is -2.94. The van der Waals surface area contributed by atoms with Crippen molar-refractivity contribution in [1.29, 1.82) is 0 Å². The molecule has 28 heavy (non-hydrogen) atoms. The lowest BCUT2D eigenvalue weighted by Crippen LogP contribution is -2.49. The van der Waals surface area contributed by atoms with E-state index in [0.717, 1.165) is 4.90 Å². The lowest BCUT2D eigenvalue weighted by atomic mass is 9.96. The smallest absolute Gasteiger partial charge is 0.417 e. The van der Waals surface area contributed by atoms with Gasteiger partial charge in [0.15, 0.2) is 5.76 Å². The molecule has 9 nitrogen and oxygen atoms in total. The normalized spacial score (nSPS) is 16.7. The van der Waals surface area contributed by atoms with Gasteiger partial charge < -0.3 is 9.26 Å². The Morgan fingerprint density at radius 3 is 2.71 bits per heavy atom. The van der Waals surface area contributed by atoms with Crippen LogP contribution in [0.1, 0.15) is 43.8 Å². The van der Waals surface area contributed by atoms with Crippen molar-refractivity contribution >= 4 is 29.3 Å². The summed E-state index contributed by atoms with van der Waals surface area (Å²) in [5, 5.41) is 15.5. The first-order valence-electron chi connectivity index (χ1n) is 8.49. The summed E-state index contributed by atoms with van der Waals surface area (Å²) in [7, 11) is 0. The summed E-state index contributed by atoms with van der Waals surface area (Å²) in [5.74, 6) is -0.435. The van der Waals surface area contributed by atoms with Gasteiger partial charge >= 0.3 is 6.09 Å². The first-order valence-corrected chi connectivity index (χ1v) is 8.87. The fraction of sp³-hybridized carbons (Fsp3) is 0.389. The van der Waals surface area contributed by atoms with E-state index in [-0.39, 0.29) is 39.7 Å². The van der Waals surface area contributed by atoms with Crippen molar-refractivity contribution < 1.29 is 23.8 Å². The lowest BCUT2D eigenvalue weighted by Gasteiger charge is -2.32. The highest BCUT2D eigenvalue weighted by molar-refractivity contribution is 6.31. The number of halogens is 1. The highest BCUT2D eigenvalue weighted by Crippen LogP contribution is 2.38. The third kappa shape index (κ3) is 3.57. The maximum absolute atomic E-state index is 13.1. The molecule has 10 heteroatoms. The van der Waals surface area contributed by atoms with Crippen LogP contribution >= 0.6 is 11.6 Å². The van der Waals surface area contributed by atoms with Crippen LogP contribution in [0.5, 0.6) is 0 Å². The number of hydrogen-bond acceptors (Lipinski definition) is 7. The van der Waals surface area contributed by atoms with E-state index in [0.29, 0.717) is 0 Å². The lowest BCUT2D eigenvalue weighted by molar-refractivity contribution is -0.384. The van der Waals surface area contributed by atoms with Crippen molar-refractivity contribution in [1.82, 2.24) is 10.1 Å². The average Bonchev–Trinajstić information content (AvgIpc) is 2.96. The molecule has 0 fully saturated rings. The van der Waals surface area contributed by atoms with Gasteiger partial charge in [-0.05, 0) is 39.8 Å². The van der Waals surface area contributed by atoms with E-state index >= 15 is 0 Å². The van der Waals surface area contributed by atoms with Crippen LogP contribution < -0.4 is 0 Å². The zero-order valence-corrected chi connectivity index (χ0v) is 16.4. The number of aromatic nitrogens is 1. The average molecular weight is 408 g/mol. The Morgan fingerprint density at radius 1 is 1.43 bits per heavy atom. The number of imide groups is 1. The number of fused-ring (bicyclic) bond motifs is 1. The monoisotopic (exact) mass is 407 g/mol. The quantitative estimate of drug-likeness (QED) is 0.540. The number of nitrogens with zero attached hydrogens (tertiary/aromatic N) is 3. The summed E-state index contributed by atoms with van der Waals surface area (Å²) in [5.41, 5.74) is -1.07. The number of nitro benzene ring substituents is 1. The first kappa shape index (κ1) is 19.8. The second-order valence-electron chi connectivity index (χ2n) is 7.46. The molecular formula is C18H18ClN3O6. The molecule has 0 saturated carbocycles. The van der Waals surface area contributed by atoms with Gasteiger partial charge in [0.2, 0.25) is 0 Å². The molecule has 0 N–H and O–H groups in total. The minimum atomic E-state index is -0.802. The Labute approximate surface area is 165 Å². The number of nitro groups is 1. The van der Waals surface area contributed by atoms with Crippen LogP contribution in [0.4, 0.5) is 10.5 Å². The fourth-order valence-corrected chi connectivity index (χ4v) is 3.15. The molecule has 0 bridgehead atoms. The maximum atomic E-state index is 13.1. The molecule has 1 aromatic carbocycles. The van der Waals surface area contributed by atoms with Gasteiger partial charge in [-0.3, -0.25) is 14.9 Å². The van der Waals surface area contributed by atoms with Gasteiger partial charge in [-0.25, -0.2) is 9.69 Å². The van der Waals surface area contributed by atoms with Crippen molar-refractivity contribution in [2.24, 2.45) is 0 Å². The van der Waals surface area contributed by atoms with Gasteiger partial charge in [0.25, 0.3) is 11.6 Å². The predicted octanol–water partition coefficient (Wildman–Crippen LogP) is 4.23. The first-order chi connectivity index (χ1) is 13.0. The standard InChI is InChI=1S/C18H18ClN3O6/c1-9-7-13-14(16(23)21(9)17(24)27-18(2,3)4)15(20-28-13)11-8-10(19)5-6-12(11)22(25)26/h5-6,8-9H,7H2,1-4H3. The Kier molecular flexibility index (Phi) is 4.88. The summed E-state index contributed by atoms with van der Waals surface area (Å²) in [6.45, 7) is 6.75. The molecule has 0 spiro atoms. The van der Waals surface area contributed by atoms with Crippen LogP contribution in [-0.2, 0) is 11.2 Å². The number of rotatable bonds is 2. The summed E-state index contributed by atoms with van der Waals surface area (Å²) in [4.78, 5) is 37.4. The minimum Gasteiger partial charge on any atom is -0.443 e. The van der Waals surface area contributed by atoms with Crippen LogP contribution in [-0.4, -0.2) is 38.6 Å². The largest absolute Gasteiger partial charge is 0.443 e. The molecule has 3 rings (SSSR count). The van der Waals surface area contributed by atoms with E-state index < -0.39 is 28.6 Å². The van der Waals surface area contributed by atoms with Crippen molar-refractivity contribution in [3.63, 3.8) is 0 Å². The predicted molar refractivity (Wildman–Crippen MR) is 99.2 cm³/mol. The highest BCUT2D eigenvalue weighted by Gasteiger charge is 2.42. The highest BCUT2D eigenvalue weighted by atomic mass is 35.5. The van der Waals surface area contributed by atoms with Gasteiger partial charge in [0, 0.05) is 23.6 Å². The van der Waals surface area contributed by atoms with E-state index in [1.54, 1.807) is 27.7 Å². The number of carbonyl (C=O) groups excluding carboxylic acids is 2. The fourth-order valence-electron chi connectivity index (χ4n) is 2.98. The van der Waals surface area contributed by atoms with E-state index in [1.165, 1.54) is 18.2 Å². The molecule has 2 amide bonds. The zero-order chi connectivity index (χ0) is 20.8. The Bertz CT molecular complexity index is 978. The molecule has 1 aliphatic rings. The van der Waals surface area contributed by atoms with Crippen LogP contribution in [0.2, 0.25) is 5.02 Å². The Balaban J connectivity index is 2.10. The molecule has 1 aromatic heterocycles. The second kappa shape index (κ2) is 6.90. The van der Waals surface area contributed by atoms with E-state index in [9.17, 15) is 19.7 Å². The number of hydrogen-bond donors (Lipinski definition) is 0. The number of carbonyl (C=O) groups is 2. The van der Waals surface area contributed by atoms with Crippen molar-refractivity contribution in [2.45, 2.75) is 45.8 Å². The van der Waals surface area contributed by atoms with Crippen molar-refractivity contribution in [3.8, 4) is 11.3 Å². The summed E-state index contributed by atoms with van der Waals surface area (Å²) in [6.07, 6.45) is -0.592. The van der Waals surface area contributed by atoms with Gasteiger partial charge in [0.1, 0.15) is 16.9 Å². The van der Waals surface area contributed by atoms with Crippen LogP contribution in [0.3, 0.4) is 0 Å². The van der Waals surface area contributed by atoms with Crippen LogP contribution in [0.25, 0.3) is 11.3 Å². The van der Waals surface area contributed by atoms with Gasteiger partial charge in [-0.1, -0.05) is 16.8 Å². The third-order valence-electron chi connectivity index (χ3n) is 4.12. The van der Waals surface area contributed by atoms with E-state index in [1.807, 2.05) is 0 Å². The second-order valence-corrected chi connectivity index (χ2v) is 7.89. The molecule has 1 atom stereocenters. The summed E-state index contributed by atoms with van der Waals surface area (Å²) < 4.78 is 10.6. The third-order valence-corrected chi connectivity index (χ3v) is 4.35. The maximum Gasteiger partial charge on any atom is 0.417 e. The van der Waals surface area contributed by atoms with E-state index in [2.05, 4.69) is 5.16 Å². The number of benzene rings is 1. The number of ether oxygens (including phenoxy) is 1. The molecule has 148 valence electrons. The van der Waals surface area contributed by atoms with Gasteiger partial charge in [0.05, 0.1) is 10.5 Å². The molecule has 2 aromatic rings. The molecule has 0 radical (unpaired) electrons. The summed E-state index contributed by atoms with van der Waals surface area (Å²) >= 11 is 5.98. The zero-order valence-electron chi connectivity index (χ0n) is 15.7. The molecule has 0 aliphatic carbocycles. The van der Waals surface area contributed by atoms with Gasteiger partial charge in [-0.15, -0.1) is 0 Å². The SMILES string of the molecule is CC1Cc2onc(-c3cc(Cl)ccc3[N+](=O)[O-])c2C(=O)N1C(=O)OC(C)(C)C. The summed E-state index contributed by atoms with van der Waals surface area (Å²) in [6, 6.07) is 3.40. The number of amides is 2. The molecule has 1 unspecified atom stereocenters. The van der Waals surface area contributed by atoms with Gasteiger partial charge in [-0.2, -0.15) is 0 Å². The molecule has 1 aliphatic heterocycles. The van der Waals surface area contributed by atoms with Crippen LogP contribution in [0.15, 0.2) is 22.7 Å². The van der Waals surface area contributed by atoms with E-state index in [4.69, 9.17) is 20.9 Å². The Morgan fingerprint density at radius 2 is 2.11 bits per heavy atom. The molecule has 0 saturated heterocycles. The molecule has 2 heterocycles. The van der Waals surface area contributed by atoms with Crippen LogP contribution in [0, 0.1) is 10.1 Å². The topological polar surface area (TPSA) is 116 Å². The minimum absolute atomic E-state index is 0.00525. The van der Waals surface area contributed by atoms with Crippen molar-refractivity contribution in [3.05, 3.63) is 44.7 Å². The van der Waals surface area contributed by atoms with Crippen molar-refractivity contribution in [2.75, 3.05) is 0 Å².